The molecule has 9 heteroatoms. The van der Waals surface area contributed by atoms with Gasteiger partial charge >= 0.3 is 0 Å². The average Bonchev–Trinajstić information content (AvgIpc) is 3.19. The third-order valence-corrected chi connectivity index (χ3v) is 4.49. The molecule has 7 nitrogen and oxygen atoms in total. The summed E-state index contributed by atoms with van der Waals surface area (Å²) in [5.74, 6) is -1.19. The number of carbonyl (C=O) groups is 2. The minimum absolute atomic E-state index is 0.189. The predicted octanol–water partition coefficient (Wildman–Crippen LogP) is 3.63. The van der Waals surface area contributed by atoms with Gasteiger partial charge in [0.05, 0.1) is 5.56 Å². The van der Waals surface area contributed by atoms with Gasteiger partial charge in [0.1, 0.15) is 24.5 Å². The zero-order valence-corrected chi connectivity index (χ0v) is 15.8. The molecule has 3 rings (SSSR count). The van der Waals surface area contributed by atoms with Gasteiger partial charge in [-0.15, -0.1) is 0 Å². The summed E-state index contributed by atoms with van der Waals surface area (Å²) >= 11 is 3.23. The molecule has 0 fully saturated rings. The lowest BCUT2D eigenvalue weighted by Crippen LogP contribution is -2.24. The number of halogens is 2. The summed E-state index contributed by atoms with van der Waals surface area (Å²) in [7, 11) is 0. The molecule has 1 unspecified atom stereocenters. The van der Waals surface area contributed by atoms with Crippen molar-refractivity contribution in [3.63, 3.8) is 0 Å². The second kappa shape index (κ2) is 8.09. The van der Waals surface area contributed by atoms with Crippen molar-refractivity contribution >= 4 is 39.1 Å². The minimum atomic E-state index is -0.516. The van der Waals surface area contributed by atoms with Gasteiger partial charge < -0.3 is 10.6 Å². The first-order chi connectivity index (χ1) is 12.9. The van der Waals surface area contributed by atoms with E-state index in [1.807, 2.05) is 0 Å². The van der Waals surface area contributed by atoms with Crippen molar-refractivity contribution in [1.82, 2.24) is 14.8 Å². The SMILES string of the molecule is CC(C(=O)Nc1ccc(NC(=O)c2cc(F)ccc2Br)cc1)n1cncn1. The molecule has 2 amide bonds. The summed E-state index contributed by atoms with van der Waals surface area (Å²) < 4.78 is 15.3. The highest BCUT2D eigenvalue weighted by Crippen LogP contribution is 2.21. The number of anilines is 2. The zero-order valence-electron chi connectivity index (χ0n) is 14.2. The number of rotatable bonds is 5. The summed E-state index contributed by atoms with van der Waals surface area (Å²) in [6.45, 7) is 1.70. The molecule has 0 saturated carbocycles. The van der Waals surface area contributed by atoms with Crippen molar-refractivity contribution < 1.29 is 14.0 Å². The van der Waals surface area contributed by atoms with E-state index in [0.29, 0.717) is 15.8 Å². The van der Waals surface area contributed by atoms with Crippen LogP contribution in [0.2, 0.25) is 0 Å². The molecule has 0 saturated heterocycles. The Morgan fingerprint density at radius 3 is 2.41 bits per heavy atom. The van der Waals surface area contributed by atoms with Crippen molar-refractivity contribution in [2.24, 2.45) is 0 Å². The van der Waals surface area contributed by atoms with Gasteiger partial charge in [0.15, 0.2) is 0 Å². The molecular formula is C18H15BrFN5O2. The Morgan fingerprint density at radius 1 is 1.11 bits per heavy atom. The maximum absolute atomic E-state index is 13.3. The van der Waals surface area contributed by atoms with Gasteiger partial charge in [0.25, 0.3) is 5.91 Å². The Kier molecular flexibility index (Phi) is 5.60. The van der Waals surface area contributed by atoms with Crippen LogP contribution < -0.4 is 10.6 Å². The van der Waals surface area contributed by atoms with Crippen LogP contribution in [0.4, 0.5) is 15.8 Å². The number of amides is 2. The van der Waals surface area contributed by atoms with Crippen LogP contribution in [0.5, 0.6) is 0 Å². The molecule has 138 valence electrons. The van der Waals surface area contributed by atoms with E-state index in [4.69, 9.17) is 0 Å². The fourth-order valence-corrected chi connectivity index (χ4v) is 2.72. The highest BCUT2D eigenvalue weighted by molar-refractivity contribution is 9.10. The second-order valence-electron chi connectivity index (χ2n) is 5.70. The first-order valence-electron chi connectivity index (χ1n) is 7.95. The van der Waals surface area contributed by atoms with Crippen LogP contribution in [0.1, 0.15) is 23.3 Å². The highest BCUT2D eigenvalue weighted by Gasteiger charge is 2.16. The van der Waals surface area contributed by atoms with Gasteiger partial charge in [-0.3, -0.25) is 9.59 Å². The van der Waals surface area contributed by atoms with E-state index in [-0.39, 0.29) is 11.5 Å². The Bertz CT molecular complexity index is 960. The van der Waals surface area contributed by atoms with E-state index in [2.05, 4.69) is 36.6 Å². The molecule has 27 heavy (non-hydrogen) atoms. The van der Waals surface area contributed by atoms with Crippen LogP contribution >= 0.6 is 15.9 Å². The average molecular weight is 432 g/mol. The monoisotopic (exact) mass is 431 g/mol. The van der Waals surface area contributed by atoms with Crippen LogP contribution in [0, 0.1) is 5.82 Å². The van der Waals surface area contributed by atoms with Crippen LogP contribution in [-0.4, -0.2) is 26.6 Å². The molecule has 0 radical (unpaired) electrons. The quantitative estimate of drug-likeness (QED) is 0.645. The summed E-state index contributed by atoms with van der Waals surface area (Å²) in [6.07, 6.45) is 2.83. The lowest BCUT2D eigenvalue weighted by Gasteiger charge is -2.12. The van der Waals surface area contributed by atoms with Gasteiger partial charge in [-0.2, -0.15) is 5.10 Å². The maximum atomic E-state index is 13.3. The normalized spacial score (nSPS) is 11.7. The highest BCUT2D eigenvalue weighted by atomic mass is 79.9. The molecule has 1 atom stereocenters. The smallest absolute Gasteiger partial charge is 0.256 e. The minimum Gasteiger partial charge on any atom is -0.324 e. The number of nitrogens with one attached hydrogen (secondary N) is 2. The van der Waals surface area contributed by atoms with Gasteiger partial charge in [-0.25, -0.2) is 14.1 Å². The number of aromatic nitrogens is 3. The van der Waals surface area contributed by atoms with Gasteiger partial charge in [0, 0.05) is 15.8 Å². The molecule has 2 aromatic carbocycles. The van der Waals surface area contributed by atoms with E-state index in [0.717, 1.165) is 6.07 Å². The van der Waals surface area contributed by atoms with Crippen molar-refractivity contribution in [1.29, 1.82) is 0 Å². The number of nitrogens with zero attached hydrogens (tertiary/aromatic N) is 3. The maximum Gasteiger partial charge on any atom is 0.256 e. The molecule has 0 aliphatic rings. The van der Waals surface area contributed by atoms with Gasteiger partial charge in [-0.1, -0.05) is 0 Å². The van der Waals surface area contributed by atoms with E-state index in [9.17, 15) is 14.0 Å². The topological polar surface area (TPSA) is 88.9 Å². The number of carbonyl (C=O) groups excluding carboxylic acids is 2. The molecule has 0 bridgehead atoms. The van der Waals surface area contributed by atoms with E-state index in [1.54, 1.807) is 31.2 Å². The standard InChI is InChI=1S/C18H15BrFN5O2/c1-11(25-10-21-9-22-25)17(26)23-13-3-5-14(6-4-13)24-18(27)15-8-12(20)2-7-16(15)19/h2-11H,1H3,(H,23,26)(H,24,27). The first kappa shape index (κ1) is 18.7. The van der Waals surface area contributed by atoms with Crippen LogP contribution in [-0.2, 0) is 4.79 Å². The van der Waals surface area contributed by atoms with Crippen molar-refractivity contribution in [3.05, 3.63) is 71.0 Å². The molecule has 1 heterocycles. The van der Waals surface area contributed by atoms with Crippen molar-refractivity contribution in [2.75, 3.05) is 10.6 Å². The van der Waals surface area contributed by atoms with Crippen LogP contribution in [0.25, 0.3) is 0 Å². The first-order valence-corrected chi connectivity index (χ1v) is 8.75. The molecule has 0 aliphatic carbocycles. The van der Waals surface area contributed by atoms with E-state index in [1.165, 1.54) is 29.5 Å². The molecule has 3 aromatic rings. The third kappa shape index (κ3) is 4.56. The Labute approximate surface area is 162 Å². The third-order valence-electron chi connectivity index (χ3n) is 3.80. The van der Waals surface area contributed by atoms with Crippen molar-refractivity contribution in [2.45, 2.75) is 13.0 Å². The van der Waals surface area contributed by atoms with Crippen LogP contribution in [0.3, 0.4) is 0 Å². The fraction of sp³-hybridized carbons (Fsp3) is 0.111. The summed E-state index contributed by atoms with van der Waals surface area (Å²) in [5, 5.41) is 9.38. The second-order valence-corrected chi connectivity index (χ2v) is 6.55. The van der Waals surface area contributed by atoms with Crippen LogP contribution in [0.15, 0.2) is 59.6 Å². The lowest BCUT2D eigenvalue weighted by molar-refractivity contribution is -0.119. The molecule has 2 N–H and O–H groups in total. The predicted molar refractivity (Wildman–Crippen MR) is 102 cm³/mol. The largest absolute Gasteiger partial charge is 0.324 e. The lowest BCUT2D eigenvalue weighted by atomic mass is 10.2. The molecular weight excluding hydrogens is 417 g/mol. The number of hydrogen-bond donors (Lipinski definition) is 2. The van der Waals surface area contributed by atoms with Gasteiger partial charge in [0.2, 0.25) is 5.91 Å². The molecule has 0 spiro atoms. The fourth-order valence-electron chi connectivity index (χ4n) is 2.29. The summed E-state index contributed by atoms with van der Waals surface area (Å²) in [4.78, 5) is 28.3. The number of hydrogen-bond acceptors (Lipinski definition) is 4. The Morgan fingerprint density at radius 2 is 1.78 bits per heavy atom. The van der Waals surface area contributed by atoms with E-state index >= 15 is 0 Å². The number of benzene rings is 2. The van der Waals surface area contributed by atoms with E-state index < -0.39 is 17.8 Å². The van der Waals surface area contributed by atoms with Gasteiger partial charge in [-0.05, 0) is 65.3 Å². The Balaban J connectivity index is 1.64. The zero-order chi connectivity index (χ0) is 19.4. The molecule has 0 aliphatic heterocycles. The summed E-state index contributed by atoms with van der Waals surface area (Å²) in [6, 6.07) is 9.96. The Hall–Kier alpha value is -3.07. The van der Waals surface area contributed by atoms with Crippen molar-refractivity contribution in [3.8, 4) is 0 Å². The molecule has 1 aromatic heterocycles. The summed E-state index contributed by atoms with van der Waals surface area (Å²) in [5.41, 5.74) is 1.27.